The van der Waals surface area contributed by atoms with Gasteiger partial charge in [-0.05, 0) is 54.7 Å². The third-order valence-electron chi connectivity index (χ3n) is 7.76. The van der Waals surface area contributed by atoms with E-state index in [0.29, 0.717) is 33.7 Å². The van der Waals surface area contributed by atoms with Gasteiger partial charge in [0, 0.05) is 24.8 Å². The summed E-state index contributed by atoms with van der Waals surface area (Å²) >= 11 is 0. The van der Waals surface area contributed by atoms with Gasteiger partial charge in [0.25, 0.3) is 0 Å². The van der Waals surface area contributed by atoms with E-state index in [1.807, 2.05) is 23.1 Å². The zero-order valence-electron chi connectivity index (χ0n) is 20.1. The van der Waals surface area contributed by atoms with Crippen LogP contribution in [0, 0.1) is 5.92 Å². The van der Waals surface area contributed by atoms with Gasteiger partial charge >= 0.3 is 15.5 Å². The van der Waals surface area contributed by atoms with E-state index in [9.17, 15) is 21.6 Å². The molecule has 196 valence electrons. The van der Waals surface area contributed by atoms with Crippen LogP contribution in [0.15, 0.2) is 30.6 Å². The highest BCUT2D eigenvalue weighted by atomic mass is 32.2. The molecule has 0 amide bonds. The van der Waals surface area contributed by atoms with E-state index < -0.39 is 21.6 Å². The second kappa shape index (κ2) is 9.81. The number of rotatable bonds is 7. The predicted octanol–water partition coefficient (Wildman–Crippen LogP) is 4.95. The molecular weight excluding hydrogens is 491 g/mol. The summed E-state index contributed by atoms with van der Waals surface area (Å²) in [5.74, 6) is 1.26. The fourth-order valence-electron chi connectivity index (χ4n) is 5.70. The zero-order chi connectivity index (χ0) is 25.5. The summed E-state index contributed by atoms with van der Waals surface area (Å²) in [5, 5.41) is 0. The minimum absolute atomic E-state index is 0.234. The summed E-state index contributed by atoms with van der Waals surface area (Å²) in [5.41, 5.74) is 3.20. The van der Waals surface area contributed by atoms with Crippen LogP contribution in [0.1, 0.15) is 74.2 Å². The molecule has 2 saturated carbocycles. The summed E-state index contributed by atoms with van der Waals surface area (Å²) in [6, 6.07) is 5.29. The van der Waals surface area contributed by atoms with Crippen LogP contribution in [0.4, 0.5) is 24.5 Å². The van der Waals surface area contributed by atoms with E-state index in [1.165, 1.54) is 25.2 Å². The molecule has 11 heteroatoms. The second-order valence-electron chi connectivity index (χ2n) is 10.3. The Morgan fingerprint density at radius 1 is 1.03 bits per heavy atom. The lowest BCUT2D eigenvalue weighted by atomic mass is 9.96. The Morgan fingerprint density at radius 2 is 1.72 bits per heavy atom. The second-order valence-corrected chi connectivity index (χ2v) is 12.2. The van der Waals surface area contributed by atoms with Crippen molar-refractivity contribution < 1.29 is 21.6 Å². The summed E-state index contributed by atoms with van der Waals surface area (Å²) in [6.45, 7) is -0.262. The number of aromatic nitrogens is 2. The number of anilines is 2. The quantitative estimate of drug-likeness (QED) is 0.552. The number of fused-ring (bicyclic) bond motifs is 1. The van der Waals surface area contributed by atoms with Crippen LogP contribution < -0.4 is 10.6 Å². The molecule has 36 heavy (non-hydrogen) atoms. The average molecular weight is 524 g/mol. The molecule has 1 unspecified atom stereocenters. The molecule has 1 atom stereocenters. The number of nitrogens with two attached hydrogens (primary N) is 1. The standard InChI is InChI=1S/C25H32F3N5O2S/c26-25(27,28)36(34,35)32-14-20(11-8-17-4-1-2-5-17)33(16-24-30-12-19(29)13-31-24)23-7-3-6-21(18-9-10-18)22(23)15-32/h3,6-7,12-13,17-18,20H,1-2,4-5,8-11,14-16,29H2. The van der Waals surface area contributed by atoms with Gasteiger partial charge in [-0.15, -0.1) is 0 Å². The van der Waals surface area contributed by atoms with Crippen molar-refractivity contribution in [3.8, 4) is 0 Å². The topological polar surface area (TPSA) is 92.4 Å². The zero-order valence-corrected chi connectivity index (χ0v) is 20.9. The van der Waals surface area contributed by atoms with Gasteiger partial charge in [-0.25, -0.2) is 18.4 Å². The van der Waals surface area contributed by atoms with Gasteiger partial charge in [0.05, 0.1) is 24.6 Å². The van der Waals surface area contributed by atoms with Crippen LogP contribution in [0.5, 0.6) is 0 Å². The molecular formula is C25H32F3N5O2S. The van der Waals surface area contributed by atoms with Gasteiger partial charge in [-0.2, -0.15) is 17.5 Å². The SMILES string of the molecule is Nc1cnc(CN2c3cccc(C4CC4)c3CN(S(=O)(=O)C(F)(F)F)CC2CCC2CCCC2)nc1. The van der Waals surface area contributed by atoms with Crippen LogP contribution in [0.25, 0.3) is 0 Å². The maximum Gasteiger partial charge on any atom is 0.511 e. The smallest absolute Gasteiger partial charge is 0.396 e. The Balaban J connectivity index is 1.57. The van der Waals surface area contributed by atoms with Crippen molar-refractivity contribution in [1.82, 2.24) is 14.3 Å². The fourth-order valence-corrected chi connectivity index (χ4v) is 6.66. The summed E-state index contributed by atoms with van der Waals surface area (Å²) in [7, 11) is -5.50. The molecule has 2 fully saturated rings. The molecule has 3 aliphatic rings. The number of nitrogen functional groups attached to an aromatic ring is 1. The Hall–Kier alpha value is -2.40. The lowest BCUT2D eigenvalue weighted by Crippen LogP contribution is -2.47. The first-order valence-electron chi connectivity index (χ1n) is 12.6. The molecule has 0 bridgehead atoms. The summed E-state index contributed by atoms with van der Waals surface area (Å²) < 4.78 is 67.4. The highest BCUT2D eigenvalue weighted by molar-refractivity contribution is 7.89. The lowest BCUT2D eigenvalue weighted by molar-refractivity contribution is -0.0492. The van der Waals surface area contributed by atoms with Crippen LogP contribution in [0.2, 0.25) is 0 Å². The van der Waals surface area contributed by atoms with Crippen molar-refractivity contribution in [2.75, 3.05) is 17.2 Å². The van der Waals surface area contributed by atoms with Crippen molar-refractivity contribution >= 4 is 21.4 Å². The first kappa shape index (κ1) is 25.3. The van der Waals surface area contributed by atoms with Crippen molar-refractivity contribution in [2.24, 2.45) is 5.92 Å². The van der Waals surface area contributed by atoms with E-state index >= 15 is 0 Å². The van der Waals surface area contributed by atoms with Gasteiger partial charge in [-0.3, -0.25) is 0 Å². The Kier molecular flexibility index (Phi) is 6.88. The molecule has 0 spiro atoms. The van der Waals surface area contributed by atoms with Gasteiger partial charge in [0.2, 0.25) is 0 Å². The number of hydrogen-bond donors (Lipinski definition) is 1. The first-order valence-corrected chi connectivity index (χ1v) is 14.1. The third kappa shape index (κ3) is 5.18. The number of hydrogen-bond acceptors (Lipinski definition) is 6. The van der Waals surface area contributed by atoms with Crippen molar-refractivity contribution in [3.05, 3.63) is 47.5 Å². The fraction of sp³-hybridized carbons (Fsp3) is 0.600. The van der Waals surface area contributed by atoms with Crippen molar-refractivity contribution in [1.29, 1.82) is 0 Å². The van der Waals surface area contributed by atoms with E-state index in [4.69, 9.17) is 5.73 Å². The largest absolute Gasteiger partial charge is 0.511 e. The molecule has 0 radical (unpaired) electrons. The normalized spacial score (nSPS) is 22.0. The maximum atomic E-state index is 13.8. The third-order valence-corrected chi connectivity index (χ3v) is 9.30. The molecule has 5 rings (SSSR count). The maximum absolute atomic E-state index is 13.8. The Morgan fingerprint density at radius 3 is 2.36 bits per heavy atom. The van der Waals surface area contributed by atoms with Crippen LogP contribution in [0.3, 0.4) is 0 Å². The highest BCUT2D eigenvalue weighted by Gasteiger charge is 2.51. The molecule has 1 aromatic carbocycles. The Bertz CT molecular complexity index is 1180. The number of nitrogens with zero attached hydrogens (tertiary/aromatic N) is 4. The molecule has 1 aliphatic heterocycles. The molecule has 0 saturated heterocycles. The number of alkyl halides is 3. The summed E-state index contributed by atoms with van der Waals surface area (Å²) in [6.07, 6.45) is 10.9. The van der Waals surface area contributed by atoms with E-state index in [0.717, 1.165) is 43.4 Å². The monoisotopic (exact) mass is 523 g/mol. The molecule has 2 aromatic rings. The van der Waals surface area contributed by atoms with E-state index in [-0.39, 0.29) is 25.6 Å². The van der Waals surface area contributed by atoms with Gasteiger partial charge in [-0.1, -0.05) is 37.8 Å². The number of halogens is 3. The molecule has 2 aliphatic carbocycles. The lowest BCUT2D eigenvalue weighted by Gasteiger charge is -2.34. The van der Waals surface area contributed by atoms with Crippen molar-refractivity contribution in [3.63, 3.8) is 0 Å². The summed E-state index contributed by atoms with van der Waals surface area (Å²) in [4.78, 5) is 10.7. The van der Waals surface area contributed by atoms with Crippen LogP contribution in [-0.4, -0.2) is 40.8 Å². The predicted molar refractivity (Wildman–Crippen MR) is 131 cm³/mol. The van der Waals surface area contributed by atoms with Crippen LogP contribution in [-0.2, 0) is 23.1 Å². The number of benzene rings is 1. The van der Waals surface area contributed by atoms with Gasteiger partial charge < -0.3 is 10.6 Å². The molecule has 7 nitrogen and oxygen atoms in total. The molecule has 2 heterocycles. The molecule has 2 N–H and O–H groups in total. The first-order chi connectivity index (χ1) is 17.1. The Labute approximate surface area is 210 Å². The molecule has 1 aromatic heterocycles. The number of sulfonamides is 1. The van der Waals surface area contributed by atoms with E-state index in [2.05, 4.69) is 9.97 Å². The van der Waals surface area contributed by atoms with Crippen molar-refractivity contribution in [2.45, 2.75) is 81.9 Å². The van der Waals surface area contributed by atoms with Crippen LogP contribution >= 0.6 is 0 Å². The van der Waals surface area contributed by atoms with Gasteiger partial charge in [0.15, 0.2) is 0 Å². The average Bonchev–Trinajstić information content (AvgIpc) is 3.57. The highest BCUT2D eigenvalue weighted by Crippen LogP contribution is 2.46. The van der Waals surface area contributed by atoms with Gasteiger partial charge in [0.1, 0.15) is 5.82 Å². The van der Waals surface area contributed by atoms with E-state index in [1.54, 1.807) is 0 Å². The minimum Gasteiger partial charge on any atom is -0.396 e. The minimum atomic E-state index is -5.50.